The average molecular weight is 329 g/mol. The Morgan fingerprint density at radius 3 is 2.48 bits per heavy atom. The molecule has 0 unspecified atom stereocenters. The molecule has 0 radical (unpaired) electrons. The van der Waals surface area contributed by atoms with Gasteiger partial charge in [-0.25, -0.2) is 4.79 Å². The second-order valence-corrected chi connectivity index (χ2v) is 6.64. The minimum absolute atomic E-state index is 0.0602. The Morgan fingerprint density at radius 2 is 1.96 bits per heavy atom. The Kier molecular flexibility index (Phi) is 7.78. The van der Waals surface area contributed by atoms with Crippen molar-refractivity contribution in [2.75, 3.05) is 26.2 Å². The summed E-state index contributed by atoms with van der Waals surface area (Å²) in [5.41, 5.74) is -0.160. The summed E-state index contributed by atoms with van der Waals surface area (Å²) in [5.74, 6) is -0.809. The number of amides is 2. The zero-order valence-corrected chi connectivity index (χ0v) is 14.7. The van der Waals surface area contributed by atoms with Crippen LogP contribution in [0.2, 0.25) is 0 Å². The van der Waals surface area contributed by atoms with Crippen LogP contribution in [0.25, 0.3) is 0 Å². The van der Waals surface area contributed by atoms with Gasteiger partial charge in [0.25, 0.3) is 0 Å². The molecule has 134 valence electrons. The minimum atomic E-state index is -0.809. The first-order valence-electron chi connectivity index (χ1n) is 8.41. The van der Waals surface area contributed by atoms with Crippen molar-refractivity contribution in [1.82, 2.24) is 15.5 Å². The summed E-state index contributed by atoms with van der Waals surface area (Å²) in [6.07, 6.45) is 2.52. The first-order chi connectivity index (χ1) is 10.8. The van der Waals surface area contributed by atoms with Crippen molar-refractivity contribution >= 4 is 12.0 Å². The molecule has 0 aromatic heterocycles. The number of carbonyl (C=O) groups is 2. The highest BCUT2D eigenvalue weighted by atomic mass is 16.5. The van der Waals surface area contributed by atoms with Gasteiger partial charge in [-0.05, 0) is 39.7 Å². The number of rotatable bonds is 10. The van der Waals surface area contributed by atoms with E-state index in [0.29, 0.717) is 19.7 Å². The second-order valence-electron chi connectivity index (χ2n) is 6.64. The van der Waals surface area contributed by atoms with E-state index in [2.05, 4.69) is 17.6 Å². The van der Waals surface area contributed by atoms with E-state index in [-0.39, 0.29) is 30.3 Å². The summed E-state index contributed by atoms with van der Waals surface area (Å²) >= 11 is 0. The average Bonchev–Trinajstić information content (AvgIpc) is 2.44. The van der Waals surface area contributed by atoms with Gasteiger partial charge in [-0.1, -0.05) is 13.8 Å². The number of hydrogen-bond acceptors (Lipinski definition) is 4. The monoisotopic (exact) mass is 329 g/mol. The Labute approximate surface area is 138 Å². The molecule has 23 heavy (non-hydrogen) atoms. The molecule has 1 aliphatic carbocycles. The lowest BCUT2D eigenvalue weighted by molar-refractivity contribution is -0.139. The van der Waals surface area contributed by atoms with E-state index in [9.17, 15) is 9.59 Å². The predicted molar refractivity (Wildman–Crippen MR) is 88.5 cm³/mol. The maximum absolute atomic E-state index is 11.8. The quantitative estimate of drug-likeness (QED) is 0.527. The number of nitrogens with zero attached hydrogens (tertiary/aromatic N) is 1. The molecule has 2 amide bonds. The summed E-state index contributed by atoms with van der Waals surface area (Å²) in [6, 6.07) is 0.179. The molecule has 0 aliphatic heterocycles. The molecule has 0 aromatic carbocycles. The Hall–Kier alpha value is -1.34. The number of aliphatic carboxylic acids is 1. The van der Waals surface area contributed by atoms with Crippen LogP contribution in [0.5, 0.6) is 0 Å². The normalized spacial score (nSPS) is 20.9. The molecule has 3 N–H and O–H groups in total. The number of ether oxygens (including phenoxy) is 1. The van der Waals surface area contributed by atoms with Crippen LogP contribution in [0, 0.1) is 0 Å². The van der Waals surface area contributed by atoms with Crippen molar-refractivity contribution in [2.24, 2.45) is 0 Å². The lowest BCUT2D eigenvalue weighted by atomic mass is 9.85. The van der Waals surface area contributed by atoms with Gasteiger partial charge >= 0.3 is 12.0 Å². The third-order valence-corrected chi connectivity index (χ3v) is 4.44. The third kappa shape index (κ3) is 7.18. The van der Waals surface area contributed by atoms with Crippen LogP contribution >= 0.6 is 0 Å². The first-order valence-corrected chi connectivity index (χ1v) is 8.41. The number of likely N-dealkylation sites (N-methyl/N-ethyl adjacent to an activating group) is 1. The van der Waals surface area contributed by atoms with Crippen LogP contribution in [0.1, 0.15) is 47.0 Å². The van der Waals surface area contributed by atoms with E-state index in [1.165, 1.54) is 0 Å². The van der Waals surface area contributed by atoms with Crippen molar-refractivity contribution in [3.63, 3.8) is 0 Å². The van der Waals surface area contributed by atoms with Gasteiger partial charge in [0, 0.05) is 18.6 Å². The Balaban J connectivity index is 2.14. The molecule has 7 nitrogen and oxygen atoms in total. The number of carboxylic acids is 1. The number of nitrogens with one attached hydrogen (secondary N) is 2. The topological polar surface area (TPSA) is 90.9 Å². The van der Waals surface area contributed by atoms with Crippen LogP contribution in [0.4, 0.5) is 4.79 Å². The minimum Gasteiger partial charge on any atom is -0.480 e. The van der Waals surface area contributed by atoms with Gasteiger partial charge < -0.3 is 20.5 Å². The van der Waals surface area contributed by atoms with E-state index in [1.807, 2.05) is 25.7 Å². The summed E-state index contributed by atoms with van der Waals surface area (Å²) in [4.78, 5) is 24.5. The van der Waals surface area contributed by atoms with Crippen LogP contribution in [-0.2, 0) is 9.53 Å². The molecular weight excluding hydrogens is 298 g/mol. The maximum atomic E-state index is 11.8. The van der Waals surface area contributed by atoms with Gasteiger partial charge in [0.05, 0.1) is 18.8 Å². The van der Waals surface area contributed by atoms with E-state index in [0.717, 1.165) is 19.3 Å². The first kappa shape index (κ1) is 19.7. The number of carbonyl (C=O) groups excluding carboxylic acids is 1. The fourth-order valence-electron chi connectivity index (χ4n) is 2.51. The molecule has 1 fully saturated rings. The third-order valence-electron chi connectivity index (χ3n) is 4.44. The fourth-order valence-corrected chi connectivity index (χ4v) is 2.51. The Morgan fingerprint density at radius 1 is 1.30 bits per heavy atom. The summed E-state index contributed by atoms with van der Waals surface area (Å²) < 4.78 is 5.67. The van der Waals surface area contributed by atoms with Crippen LogP contribution in [0.15, 0.2) is 0 Å². The van der Waals surface area contributed by atoms with Gasteiger partial charge in [-0.2, -0.15) is 0 Å². The molecule has 0 spiro atoms. The smallest absolute Gasteiger partial charge is 0.317 e. The van der Waals surface area contributed by atoms with Gasteiger partial charge in [0.1, 0.15) is 0 Å². The van der Waals surface area contributed by atoms with Gasteiger partial charge in [0.2, 0.25) is 0 Å². The largest absolute Gasteiger partial charge is 0.480 e. The van der Waals surface area contributed by atoms with Crippen LogP contribution in [-0.4, -0.2) is 65.9 Å². The molecule has 0 heterocycles. The molecular formula is C16H31N3O4. The summed E-state index contributed by atoms with van der Waals surface area (Å²) in [7, 11) is 0. The second kappa shape index (κ2) is 9.08. The zero-order valence-electron chi connectivity index (χ0n) is 14.7. The van der Waals surface area contributed by atoms with Gasteiger partial charge in [0.15, 0.2) is 0 Å². The number of carboxylic acid groups (broad SMARTS) is 1. The van der Waals surface area contributed by atoms with E-state index < -0.39 is 5.97 Å². The molecule has 0 bridgehead atoms. The summed E-state index contributed by atoms with van der Waals surface area (Å²) in [5, 5.41) is 14.6. The Bertz CT molecular complexity index is 395. The van der Waals surface area contributed by atoms with Crippen molar-refractivity contribution in [2.45, 2.75) is 64.6 Å². The van der Waals surface area contributed by atoms with E-state index in [1.54, 1.807) is 0 Å². The highest BCUT2D eigenvalue weighted by molar-refractivity contribution is 5.74. The lowest BCUT2D eigenvalue weighted by Gasteiger charge is -2.42. The molecule has 1 aliphatic rings. The highest BCUT2D eigenvalue weighted by Crippen LogP contribution is 2.25. The lowest BCUT2D eigenvalue weighted by Crippen LogP contribution is -2.56. The molecule has 0 saturated heterocycles. The van der Waals surface area contributed by atoms with Gasteiger partial charge in [-0.3, -0.25) is 9.69 Å². The molecule has 0 aromatic rings. The van der Waals surface area contributed by atoms with Crippen LogP contribution < -0.4 is 10.6 Å². The SMILES string of the molecule is CCN(CC(=O)O)C1CC(NC(=O)NCCOC(C)(C)CC)C1. The number of urea groups is 1. The molecule has 1 saturated carbocycles. The van der Waals surface area contributed by atoms with Gasteiger partial charge in [-0.15, -0.1) is 0 Å². The van der Waals surface area contributed by atoms with Crippen molar-refractivity contribution in [3.05, 3.63) is 0 Å². The summed E-state index contributed by atoms with van der Waals surface area (Å²) in [6.45, 7) is 9.81. The number of hydrogen-bond donors (Lipinski definition) is 3. The van der Waals surface area contributed by atoms with Crippen LogP contribution in [0.3, 0.4) is 0 Å². The van der Waals surface area contributed by atoms with E-state index in [4.69, 9.17) is 9.84 Å². The fraction of sp³-hybridized carbons (Fsp3) is 0.875. The molecule has 1 rings (SSSR count). The maximum Gasteiger partial charge on any atom is 0.317 e. The molecule has 7 heteroatoms. The van der Waals surface area contributed by atoms with Crippen molar-refractivity contribution in [3.8, 4) is 0 Å². The zero-order chi connectivity index (χ0) is 17.5. The molecule has 0 atom stereocenters. The van der Waals surface area contributed by atoms with E-state index >= 15 is 0 Å². The predicted octanol–water partition coefficient (Wildman–Crippen LogP) is 1.43. The van der Waals surface area contributed by atoms with Crippen molar-refractivity contribution < 1.29 is 19.4 Å². The standard InChI is InChI=1S/C16H31N3O4/c1-5-16(3,4)23-8-7-17-15(22)18-12-9-13(10-12)19(6-2)11-14(20)21/h12-13H,5-11H2,1-4H3,(H,20,21)(H2,17,18,22). The van der Waals surface area contributed by atoms with Crippen molar-refractivity contribution in [1.29, 1.82) is 0 Å². The highest BCUT2D eigenvalue weighted by Gasteiger charge is 2.34.